The highest BCUT2D eigenvalue weighted by molar-refractivity contribution is 5.95. The molecule has 0 saturated heterocycles. The van der Waals surface area contributed by atoms with Crippen LogP contribution in [0.2, 0.25) is 0 Å². The van der Waals surface area contributed by atoms with Gasteiger partial charge in [0.25, 0.3) is 11.5 Å². The maximum absolute atomic E-state index is 12.6. The lowest BCUT2D eigenvalue weighted by Crippen LogP contribution is -2.44. The van der Waals surface area contributed by atoms with Gasteiger partial charge in [-0.3, -0.25) is 18.8 Å². The molecule has 0 bridgehead atoms. The molecule has 2 aromatic rings. The van der Waals surface area contributed by atoms with E-state index in [0.717, 1.165) is 0 Å². The number of hydrogen-bond donors (Lipinski definition) is 1. The third-order valence-electron chi connectivity index (χ3n) is 3.53. The van der Waals surface area contributed by atoms with E-state index in [9.17, 15) is 14.4 Å². The van der Waals surface area contributed by atoms with Crippen LogP contribution in [0.3, 0.4) is 0 Å². The lowest BCUT2D eigenvalue weighted by Gasteiger charge is -2.26. The van der Waals surface area contributed by atoms with Crippen molar-refractivity contribution in [2.45, 2.75) is 26.3 Å². The summed E-state index contributed by atoms with van der Waals surface area (Å²) in [6, 6.07) is 4.76. The largest absolute Gasteiger partial charge is 0.480 e. The minimum Gasteiger partial charge on any atom is -0.480 e. The average molecular weight is 303 g/mol. The van der Waals surface area contributed by atoms with Gasteiger partial charge in [-0.2, -0.15) is 0 Å². The molecule has 116 valence electrons. The summed E-state index contributed by atoms with van der Waals surface area (Å²) < 4.78 is 1.27. The fourth-order valence-corrected chi connectivity index (χ4v) is 2.12. The zero-order chi connectivity index (χ0) is 16.3. The van der Waals surface area contributed by atoms with Gasteiger partial charge in [-0.15, -0.1) is 0 Å². The highest BCUT2D eigenvalue weighted by Crippen LogP contribution is 2.08. The number of rotatable bonds is 5. The Morgan fingerprint density at radius 3 is 2.77 bits per heavy atom. The van der Waals surface area contributed by atoms with Crippen LogP contribution in [0, 0.1) is 0 Å². The molecule has 1 unspecified atom stereocenters. The number of amides is 1. The normalized spacial score (nSPS) is 12.1. The van der Waals surface area contributed by atoms with Gasteiger partial charge < -0.3 is 10.0 Å². The molecule has 0 fully saturated rings. The molecule has 2 heterocycles. The molecule has 2 rings (SSSR count). The van der Waals surface area contributed by atoms with Crippen LogP contribution in [-0.4, -0.2) is 43.9 Å². The van der Waals surface area contributed by atoms with Gasteiger partial charge in [0.1, 0.15) is 17.8 Å². The second-order valence-electron chi connectivity index (χ2n) is 4.99. The molecule has 1 atom stereocenters. The summed E-state index contributed by atoms with van der Waals surface area (Å²) in [7, 11) is 0. The van der Waals surface area contributed by atoms with Crippen molar-refractivity contribution in [2.24, 2.45) is 0 Å². The minimum absolute atomic E-state index is 0.134. The number of pyridine rings is 1. The molecule has 0 saturated carbocycles. The van der Waals surface area contributed by atoms with Crippen LogP contribution in [0.1, 0.15) is 30.6 Å². The van der Waals surface area contributed by atoms with Crippen LogP contribution in [0.25, 0.3) is 5.65 Å². The number of carboxylic acid groups (broad SMARTS) is 1. The van der Waals surface area contributed by atoms with E-state index in [1.54, 1.807) is 25.1 Å². The SMILES string of the molecule is CCC(C)N(CC(=O)O)C(=O)c1cnc2ccccn2c1=O. The molecular formula is C15H17N3O4. The van der Waals surface area contributed by atoms with Gasteiger partial charge in [0.05, 0.1) is 0 Å². The summed E-state index contributed by atoms with van der Waals surface area (Å²) in [5, 5.41) is 8.97. The molecular weight excluding hydrogens is 286 g/mol. The molecule has 0 aliphatic rings. The van der Waals surface area contributed by atoms with Crippen molar-refractivity contribution in [3.8, 4) is 0 Å². The molecule has 0 radical (unpaired) electrons. The molecule has 1 N–H and O–H groups in total. The van der Waals surface area contributed by atoms with Crippen molar-refractivity contribution in [1.82, 2.24) is 14.3 Å². The van der Waals surface area contributed by atoms with E-state index >= 15 is 0 Å². The first-order valence-corrected chi connectivity index (χ1v) is 6.94. The number of carbonyl (C=O) groups is 2. The first-order valence-electron chi connectivity index (χ1n) is 6.94. The van der Waals surface area contributed by atoms with E-state index in [2.05, 4.69) is 4.98 Å². The Morgan fingerprint density at radius 1 is 1.41 bits per heavy atom. The smallest absolute Gasteiger partial charge is 0.323 e. The third kappa shape index (κ3) is 2.98. The van der Waals surface area contributed by atoms with E-state index in [1.165, 1.54) is 21.7 Å². The van der Waals surface area contributed by atoms with E-state index < -0.39 is 24.0 Å². The fourth-order valence-electron chi connectivity index (χ4n) is 2.12. The number of carbonyl (C=O) groups excluding carboxylic acids is 1. The van der Waals surface area contributed by atoms with Crippen LogP contribution >= 0.6 is 0 Å². The van der Waals surface area contributed by atoms with Gasteiger partial charge in [0.2, 0.25) is 0 Å². The minimum atomic E-state index is -1.12. The summed E-state index contributed by atoms with van der Waals surface area (Å²) >= 11 is 0. The van der Waals surface area contributed by atoms with Crippen LogP contribution in [0.15, 0.2) is 35.4 Å². The highest BCUT2D eigenvalue weighted by atomic mass is 16.4. The van der Waals surface area contributed by atoms with Crippen LogP contribution in [-0.2, 0) is 4.79 Å². The van der Waals surface area contributed by atoms with E-state index in [1.807, 2.05) is 6.92 Å². The Kier molecular flexibility index (Phi) is 4.55. The number of carboxylic acids is 1. The molecule has 0 spiro atoms. The predicted octanol–water partition coefficient (Wildman–Crippen LogP) is 1.02. The Balaban J connectivity index is 2.49. The van der Waals surface area contributed by atoms with Gasteiger partial charge in [0, 0.05) is 18.4 Å². The summed E-state index contributed by atoms with van der Waals surface area (Å²) in [6.07, 6.45) is 3.31. The zero-order valence-corrected chi connectivity index (χ0v) is 12.4. The van der Waals surface area contributed by atoms with Crippen molar-refractivity contribution in [1.29, 1.82) is 0 Å². The molecule has 0 aliphatic heterocycles. The number of hydrogen-bond acceptors (Lipinski definition) is 4. The Morgan fingerprint density at radius 2 is 2.14 bits per heavy atom. The van der Waals surface area contributed by atoms with Crippen molar-refractivity contribution in [2.75, 3.05) is 6.54 Å². The Labute approximate surface area is 126 Å². The summed E-state index contributed by atoms with van der Waals surface area (Å²) in [4.78, 5) is 41.2. The summed E-state index contributed by atoms with van der Waals surface area (Å²) in [6.45, 7) is 3.13. The molecule has 2 aromatic heterocycles. The van der Waals surface area contributed by atoms with Crippen LogP contribution in [0.4, 0.5) is 0 Å². The Hall–Kier alpha value is -2.70. The molecule has 22 heavy (non-hydrogen) atoms. The fraction of sp³-hybridized carbons (Fsp3) is 0.333. The summed E-state index contributed by atoms with van der Waals surface area (Å²) in [5.74, 6) is -1.74. The van der Waals surface area contributed by atoms with Gasteiger partial charge in [0.15, 0.2) is 0 Å². The highest BCUT2D eigenvalue weighted by Gasteiger charge is 2.25. The second-order valence-corrected chi connectivity index (χ2v) is 4.99. The Bertz CT molecular complexity index is 769. The van der Waals surface area contributed by atoms with Gasteiger partial charge in [-0.1, -0.05) is 13.0 Å². The van der Waals surface area contributed by atoms with E-state index in [4.69, 9.17) is 5.11 Å². The molecule has 1 amide bonds. The number of nitrogens with zero attached hydrogens (tertiary/aromatic N) is 3. The van der Waals surface area contributed by atoms with Gasteiger partial charge in [-0.25, -0.2) is 4.98 Å². The van der Waals surface area contributed by atoms with Crippen LogP contribution < -0.4 is 5.56 Å². The lowest BCUT2D eigenvalue weighted by molar-refractivity contribution is -0.138. The van der Waals surface area contributed by atoms with Crippen molar-refractivity contribution < 1.29 is 14.7 Å². The predicted molar refractivity (Wildman–Crippen MR) is 79.9 cm³/mol. The van der Waals surface area contributed by atoms with E-state index in [0.29, 0.717) is 12.1 Å². The summed E-state index contributed by atoms with van der Waals surface area (Å²) in [5.41, 5.74) is -0.211. The van der Waals surface area contributed by atoms with Crippen LogP contribution in [0.5, 0.6) is 0 Å². The van der Waals surface area contributed by atoms with E-state index in [-0.39, 0.29) is 11.6 Å². The second kappa shape index (κ2) is 6.38. The molecule has 7 heteroatoms. The monoisotopic (exact) mass is 303 g/mol. The maximum Gasteiger partial charge on any atom is 0.323 e. The van der Waals surface area contributed by atoms with Gasteiger partial charge in [-0.05, 0) is 25.5 Å². The molecule has 0 aromatic carbocycles. The van der Waals surface area contributed by atoms with Gasteiger partial charge >= 0.3 is 5.97 Å². The first-order chi connectivity index (χ1) is 10.5. The lowest BCUT2D eigenvalue weighted by atomic mass is 10.2. The third-order valence-corrected chi connectivity index (χ3v) is 3.53. The van der Waals surface area contributed by atoms with Crippen molar-refractivity contribution in [3.05, 3.63) is 46.5 Å². The number of aromatic nitrogens is 2. The first kappa shape index (κ1) is 15.7. The molecule has 7 nitrogen and oxygen atoms in total. The maximum atomic E-state index is 12.6. The average Bonchev–Trinajstić information content (AvgIpc) is 2.51. The topological polar surface area (TPSA) is 92.0 Å². The van der Waals surface area contributed by atoms with Crippen molar-refractivity contribution in [3.63, 3.8) is 0 Å². The standard InChI is InChI=1S/C15H17N3O4/c1-3-10(2)18(9-13(19)20)15(22)11-8-16-12-6-4-5-7-17(12)14(11)21/h4-8,10H,3,9H2,1-2H3,(H,19,20). The number of aliphatic carboxylic acids is 1. The quantitative estimate of drug-likeness (QED) is 0.890. The number of fused-ring (bicyclic) bond motifs is 1. The van der Waals surface area contributed by atoms with Crippen molar-refractivity contribution >= 4 is 17.5 Å². The zero-order valence-electron chi connectivity index (χ0n) is 12.4. The molecule has 0 aliphatic carbocycles.